The summed E-state index contributed by atoms with van der Waals surface area (Å²) in [6, 6.07) is 0. The molecule has 0 aromatic carbocycles. The fourth-order valence-corrected chi connectivity index (χ4v) is 1.84. The maximum atomic E-state index is 8.88. The van der Waals surface area contributed by atoms with E-state index in [1.54, 1.807) is 0 Å². The summed E-state index contributed by atoms with van der Waals surface area (Å²) in [4.78, 5) is 21.6. The van der Waals surface area contributed by atoms with Gasteiger partial charge < -0.3 is 21.6 Å². The summed E-state index contributed by atoms with van der Waals surface area (Å²) >= 11 is 0. The summed E-state index contributed by atoms with van der Waals surface area (Å²) in [5.74, 6) is 0. The average Bonchev–Trinajstić information content (AvgIpc) is 2.29. The van der Waals surface area contributed by atoms with Gasteiger partial charge in [0.25, 0.3) is 0 Å². The number of phosphoric acid groups is 1. The summed E-state index contributed by atoms with van der Waals surface area (Å²) in [7, 11) is -4.64. The van der Waals surface area contributed by atoms with Gasteiger partial charge in [0.2, 0.25) is 0 Å². The zero-order chi connectivity index (χ0) is 15.0. The van der Waals surface area contributed by atoms with Gasteiger partial charge in [-0.1, -0.05) is 77.6 Å². The predicted octanol–water partition coefficient (Wildman–Crippen LogP) is 4.59. The fourth-order valence-electron chi connectivity index (χ4n) is 1.84. The molecule has 0 aliphatic rings. The van der Waals surface area contributed by atoms with Crippen LogP contribution in [0.5, 0.6) is 0 Å². The van der Waals surface area contributed by atoms with Gasteiger partial charge in [0.15, 0.2) is 0 Å². The molecule has 0 aromatic rings. The van der Waals surface area contributed by atoms with E-state index in [9.17, 15) is 0 Å². The SMILES string of the molecule is O=P(O)(O)O.[CH2-]CCCCCCCCCCCCC.[Ce]. The van der Waals surface area contributed by atoms with Crippen LogP contribution in [0.15, 0.2) is 0 Å². The number of hydrogen-bond acceptors (Lipinski definition) is 1. The van der Waals surface area contributed by atoms with Crippen LogP contribution >= 0.6 is 7.82 Å². The van der Waals surface area contributed by atoms with E-state index < -0.39 is 7.82 Å². The van der Waals surface area contributed by atoms with E-state index in [1.807, 2.05) is 0 Å². The van der Waals surface area contributed by atoms with Gasteiger partial charge in [0, 0.05) is 41.7 Å². The maximum Gasteiger partial charge on any atom is 0.466 e. The average molecular weight is 435 g/mol. The van der Waals surface area contributed by atoms with Crippen LogP contribution in [-0.4, -0.2) is 14.7 Å². The van der Waals surface area contributed by atoms with E-state index in [0.29, 0.717) is 0 Å². The second kappa shape index (κ2) is 20.5. The second-order valence-corrected chi connectivity index (χ2v) is 5.93. The Balaban J connectivity index is -0.000000414. The molecule has 0 amide bonds. The van der Waals surface area contributed by atoms with Gasteiger partial charge in [-0.25, -0.2) is 4.57 Å². The van der Waals surface area contributed by atoms with Crippen LogP contribution in [0.1, 0.15) is 84.0 Å². The van der Waals surface area contributed by atoms with Crippen LogP contribution in [0.4, 0.5) is 0 Å². The Morgan fingerprint density at radius 2 is 1.00 bits per heavy atom. The molecule has 0 aliphatic heterocycles. The quantitative estimate of drug-likeness (QED) is 0.252. The first-order valence-corrected chi connectivity index (χ1v) is 9.05. The van der Waals surface area contributed by atoms with E-state index >= 15 is 0 Å². The van der Waals surface area contributed by atoms with Crippen LogP contribution in [0.2, 0.25) is 0 Å². The first-order valence-electron chi connectivity index (χ1n) is 7.49. The van der Waals surface area contributed by atoms with Crippen LogP contribution in [0, 0.1) is 48.7 Å². The van der Waals surface area contributed by atoms with Crippen molar-refractivity contribution in [3.63, 3.8) is 0 Å². The molecule has 0 aliphatic carbocycles. The molecule has 122 valence electrons. The van der Waals surface area contributed by atoms with E-state index in [0.717, 1.165) is 6.42 Å². The van der Waals surface area contributed by atoms with Crippen molar-refractivity contribution < 1.29 is 61.0 Å². The summed E-state index contributed by atoms with van der Waals surface area (Å²) in [5.41, 5.74) is 0. The van der Waals surface area contributed by atoms with Crippen molar-refractivity contribution in [1.29, 1.82) is 0 Å². The normalized spacial score (nSPS) is 10.4. The third kappa shape index (κ3) is 42.7. The Bertz CT molecular complexity index is 189. The molecule has 0 radical (unpaired) electrons. The smallest absolute Gasteiger partial charge is 0.343 e. The molecule has 0 atom stereocenters. The molecule has 0 bridgehead atoms. The molecule has 6 heteroatoms. The molecular weight excluding hydrogens is 403 g/mol. The summed E-state index contributed by atoms with van der Waals surface area (Å²) in [5, 5.41) is 0. The molecule has 0 rings (SSSR count). The Hall–Kier alpha value is 1.49. The molecule has 0 heterocycles. The standard InChI is InChI=1S/C14H29.Ce.H3O4P/c1-3-5-7-9-11-13-14-12-10-8-6-4-2;;1-5(2,3)4/h1,3-14H2,2H3;;(H3,1,2,3,4)/q-1;;. The van der Waals surface area contributed by atoms with Gasteiger partial charge in [-0.3, -0.25) is 0 Å². The maximum absolute atomic E-state index is 8.88. The third-order valence-corrected chi connectivity index (χ3v) is 2.85. The van der Waals surface area contributed by atoms with Crippen LogP contribution < -0.4 is 0 Å². The molecule has 0 saturated carbocycles. The van der Waals surface area contributed by atoms with Crippen molar-refractivity contribution >= 4 is 7.82 Å². The Morgan fingerprint density at radius 1 is 0.750 bits per heavy atom. The monoisotopic (exact) mass is 435 g/mol. The molecule has 3 N–H and O–H groups in total. The van der Waals surface area contributed by atoms with Crippen molar-refractivity contribution in [2.75, 3.05) is 0 Å². The fraction of sp³-hybridized carbons (Fsp3) is 0.929. The predicted molar refractivity (Wildman–Crippen MR) is 80.7 cm³/mol. The van der Waals surface area contributed by atoms with Crippen molar-refractivity contribution in [3.05, 3.63) is 6.92 Å². The topological polar surface area (TPSA) is 77.8 Å². The summed E-state index contributed by atoms with van der Waals surface area (Å²) in [6.45, 7) is 6.14. The number of rotatable bonds is 11. The molecule has 0 unspecified atom stereocenters. The second-order valence-electron chi connectivity index (χ2n) is 4.90. The first-order chi connectivity index (χ1) is 8.91. The molecule has 0 saturated heterocycles. The van der Waals surface area contributed by atoms with E-state index in [1.165, 1.54) is 70.6 Å². The molecule has 0 fully saturated rings. The van der Waals surface area contributed by atoms with Gasteiger partial charge in [0.05, 0.1) is 0 Å². The third-order valence-electron chi connectivity index (χ3n) is 2.85. The number of unbranched alkanes of at least 4 members (excludes halogenated alkanes) is 11. The van der Waals surface area contributed by atoms with Crippen molar-refractivity contribution in [2.45, 2.75) is 84.0 Å². The van der Waals surface area contributed by atoms with Gasteiger partial charge in [-0.15, -0.1) is 0 Å². The molecule has 0 aromatic heterocycles. The van der Waals surface area contributed by atoms with Gasteiger partial charge in [-0.2, -0.15) is 6.42 Å². The van der Waals surface area contributed by atoms with Gasteiger partial charge >= 0.3 is 7.82 Å². The van der Waals surface area contributed by atoms with Crippen LogP contribution in [0.3, 0.4) is 0 Å². The Labute approximate surface area is 158 Å². The van der Waals surface area contributed by atoms with Crippen LogP contribution in [0.25, 0.3) is 0 Å². The minimum Gasteiger partial charge on any atom is -0.343 e. The molecule has 20 heavy (non-hydrogen) atoms. The van der Waals surface area contributed by atoms with Gasteiger partial charge in [-0.05, 0) is 0 Å². The zero-order valence-electron chi connectivity index (χ0n) is 12.9. The molecule has 4 nitrogen and oxygen atoms in total. The van der Waals surface area contributed by atoms with Crippen LogP contribution in [-0.2, 0) is 4.57 Å². The van der Waals surface area contributed by atoms with E-state index in [4.69, 9.17) is 19.2 Å². The summed E-state index contributed by atoms with van der Waals surface area (Å²) in [6.07, 6.45) is 16.9. The first kappa shape index (κ1) is 26.4. The van der Waals surface area contributed by atoms with E-state index in [-0.39, 0.29) is 41.7 Å². The van der Waals surface area contributed by atoms with Crippen molar-refractivity contribution in [2.24, 2.45) is 0 Å². The number of hydrogen-bond donors (Lipinski definition) is 3. The minimum absolute atomic E-state index is 0. The van der Waals surface area contributed by atoms with Crippen molar-refractivity contribution in [3.8, 4) is 0 Å². The Morgan fingerprint density at radius 3 is 1.25 bits per heavy atom. The summed E-state index contributed by atoms with van der Waals surface area (Å²) < 4.78 is 8.88. The molecular formula is C14H32CeO4P-. The van der Waals surface area contributed by atoms with Crippen molar-refractivity contribution in [1.82, 2.24) is 0 Å². The Kier molecular flexibility index (Phi) is 27.0. The zero-order valence-corrected chi connectivity index (χ0v) is 16.9. The molecule has 0 spiro atoms. The largest absolute Gasteiger partial charge is 0.466 e. The van der Waals surface area contributed by atoms with Gasteiger partial charge in [0.1, 0.15) is 0 Å². The minimum atomic E-state index is -4.64. The van der Waals surface area contributed by atoms with E-state index in [2.05, 4.69) is 13.8 Å².